The molecule has 0 aliphatic carbocycles. The number of aromatic nitrogens is 2. The van der Waals surface area contributed by atoms with Gasteiger partial charge in [0.2, 0.25) is 0 Å². The van der Waals surface area contributed by atoms with Crippen LogP contribution in [0, 0.1) is 0 Å². The van der Waals surface area contributed by atoms with Gasteiger partial charge in [0.1, 0.15) is 16.1 Å². The van der Waals surface area contributed by atoms with E-state index < -0.39 is 18.2 Å². The molecule has 158 valence electrons. The van der Waals surface area contributed by atoms with Crippen LogP contribution >= 0.6 is 23.2 Å². The van der Waals surface area contributed by atoms with Gasteiger partial charge in [0, 0.05) is 23.1 Å². The Morgan fingerprint density at radius 2 is 1.97 bits per heavy atom. The molecule has 0 saturated heterocycles. The first-order valence-electron chi connectivity index (χ1n) is 8.83. The van der Waals surface area contributed by atoms with Crippen molar-refractivity contribution < 1.29 is 22.7 Å². The molecule has 2 N–H and O–H groups in total. The van der Waals surface area contributed by atoms with Gasteiger partial charge in [-0.3, -0.25) is 0 Å². The lowest BCUT2D eigenvalue weighted by Gasteiger charge is -2.36. The van der Waals surface area contributed by atoms with E-state index in [1.807, 2.05) is 0 Å². The van der Waals surface area contributed by atoms with Gasteiger partial charge >= 0.3 is 12.2 Å². The highest BCUT2D eigenvalue weighted by Gasteiger charge is 2.50. The van der Waals surface area contributed by atoms with Crippen LogP contribution in [0.15, 0.2) is 30.3 Å². The smallest absolute Gasteiger partial charge is 0.414 e. The highest BCUT2D eigenvalue weighted by molar-refractivity contribution is 6.33. The number of hydrogen-bond acceptors (Lipinski definition) is 3. The molecule has 3 heterocycles. The number of methoxy groups -OCH3 is 1. The number of ether oxygens (including phenoxy) is 1. The van der Waals surface area contributed by atoms with E-state index in [0.717, 1.165) is 4.90 Å². The Kier molecular flexibility index (Phi) is 5.19. The molecule has 0 radical (unpaired) electrons. The quantitative estimate of drug-likeness (QED) is 0.493. The van der Waals surface area contributed by atoms with Crippen molar-refractivity contribution in [1.29, 1.82) is 0 Å². The molecule has 1 aliphatic heterocycles. The molecule has 0 saturated carbocycles. The summed E-state index contributed by atoms with van der Waals surface area (Å²) >= 11 is 11.6. The number of nitrogens with zero attached hydrogens (tertiary/aromatic N) is 2. The lowest BCUT2D eigenvalue weighted by molar-refractivity contribution is -0.180. The Balaban J connectivity index is 1.72. The van der Waals surface area contributed by atoms with Crippen LogP contribution in [0.3, 0.4) is 0 Å². The number of halogens is 5. The van der Waals surface area contributed by atoms with Crippen molar-refractivity contribution in [3.63, 3.8) is 0 Å². The summed E-state index contributed by atoms with van der Waals surface area (Å²) in [6.07, 6.45) is -4.44. The van der Waals surface area contributed by atoms with Crippen LogP contribution in [-0.2, 0) is 6.42 Å². The maximum Gasteiger partial charge on any atom is 0.414 e. The Morgan fingerprint density at radius 1 is 1.27 bits per heavy atom. The molecule has 30 heavy (non-hydrogen) atoms. The van der Waals surface area contributed by atoms with Crippen molar-refractivity contribution in [1.82, 2.24) is 14.9 Å². The number of carbonyl (C=O) groups is 1. The third-order valence-electron chi connectivity index (χ3n) is 4.92. The summed E-state index contributed by atoms with van der Waals surface area (Å²) < 4.78 is 47.3. The normalized spacial score (nSPS) is 16.5. The number of hydrogen-bond donors (Lipinski definition) is 2. The van der Waals surface area contributed by atoms with Gasteiger partial charge in [0.05, 0.1) is 12.8 Å². The molecule has 11 heteroatoms. The van der Waals surface area contributed by atoms with E-state index in [9.17, 15) is 18.0 Å². The molecular formula is C19H15Cl2F3N4O2. The number of benzene rings is 1. The maximum absolute atomic E-state index is 14.1. The van der Waals surface area contributed by atoms with Crippen molar-refractivity contribution in [3.05, 3.63) is 51.9 Å². The highest BCUT2D eigenvalue weighted by atomic mass is 35.5. The fourth-order valence-electron chi connectivity index (χ4n) is 3.69. The molecule has 2 aromatic heterocycles. The Bertz CT molecular complexity index is 1110. The molecule has 3 aromatic rings. The van der Waals surface area contributed by atoms with Crippen LogP contribution in [0.25, 0.3) is 10.9 Å². The molecule has 1 aliphatic rings. The molecule has 0 spiro atoms. The van der Waals surface area contributed by atoms with Crippen LogP contribution in [0.1, 0.15) is 17.3 Å². The summed E-state index contributed by atoms with van der Waals surface area (Å²) in [6, 6.07) is 4.57. The van der Waals surface area contributed by atoms with Crippen molar-refractivity contribution in [2.24, 2.45) is 0 Å². The van der Waals surface area contributed by atoms with Crippen molar-refractivity contribution in [3.8, 4) is 5.75 Å². The van der Waals surface area contributed by atoms with E-state index in [1.54, 1.807) is 18.2 Å². The van der Waals surface area contributed by atoms with Crippen molar-refractivity contribution in [2.45, 2.75) is 18.6 Å². The van der Waals surface area contributed by atoms with Crippen LogP contribution in [0.4, 0.5) is 23.7 Å². The summed E-state index contributed by atoms with van der Waals surface area (Å²) in [7, 11) is 1.49. The minimum Gasteiger partial charge on any atom is -0.497 e. The van der Waals surface area contributed by atoms with Gasteiger partial charge < -0.3 is 19.9 Å². The van der Waals surface area contributed by atoms with Crippen molar-refractivity contribution in [2.75, 3.05) is 19.0 Å². The number of rotatable bonds is 2. The summed E-state index contributed by atoms with van der Waals surface area (Å²) in [6.45, 7) is -0.125. The van der Waals surface area contributed by atoms with Gasteiger partial charge in [-0.1, -0.05) is 23.2 Å². The molecule has 0 bridgehead atoms. The first-order valence-corrected chi connectivity index (χ1v) is 9.59. The zero-order chi connectivity index (χ0) is 21.6. The number of nitrogens with one attached hydrogen (secondary N) is 2. The molecule has 1 unspecified atom stereocenters. The molecule has 4 rings (SSSR count). The lowest BCUT2D eigenvalue weighted by atomic mass is 9.97. The average Bonchev–Trinajstić information content (AvgIpc) is 3.02. The number of alkyl halides is 3. The van der Waals surface area contributed by atoms with Gasteiger partial charge in [-0.2, -0.15) is 13.2 Å². The standard InChI is InChI=1S/C19H15Cl2F3N4O2/c1-30-10-2-3-13-12(8-10)11-4-5-28(17(16(11)26-13)19(22,23)24)18(29)25-9-6-14(20)27-15(21)7-9/h2-3,6-8,17,26H,4-5H2,1H3,(H,25,27,29). The Morgan fingerprint density at radius 3 is 2.60 bits per heavy atom. The summed E-state index contributed by atoms with van der Waals surface area (Å²) in [4.78, 5) is 20.1. The molecule has 6 nitrogen and oxygen atoms in total. The zero-order valence-corrected chi connectivity index (χ0v) is 17.0. The molecular weight excluding hydrogens is 444 g/mol. The van der Waals surface area contributed by atoms with Crippen LogP contribution < -0.4 is 10.1 Å². The van der Waals surface area contributed by atoms with Gasteiger partial charge in [0.25, 0.3) is 0 Å². The van der Waals surface area contributed by atoms with Gasteiger partial charge in [0.15, 0.2) is 6.04 Å². The fourth-order valence-corrected chi connectivity index (χ4v) is 4.15. The monoisotopic (exact) mass is 458 g/mol. The number of aromatic amines is 1. The summed E-state index contributed by atoms with van der Waals surface area (Å²) in [5.41, 5.74) is 1.16. The predicted octanol–water partition coefficient (Wildman–Crippen LogP) is 5.57. The van der Waals surface area contributed by atoms with Crippen LogP contribution in [0.2, 0.25) is 10.3 Å². The SMILES string of the molecule is COc1ccc2[nH]c3c(c2c1)CCN(C(=O)Nc1cc(Cl)nc(Cl)c1)C3C(F)(F)F. The van der Waals surface area contributed by atoms with E-state index in [2.05, 4.69) is 15.3 Å². The molecule has 1 atom stereocenters. The van der Waals surface area contributed by atoms with E-state index in [4.69, 9.17) is 27.9 Å². The fraction of sp³-hybridized carbons (Fsp3) is 0.263. The number of H-pyrrole nitrogens is 1. The highest BCUT2D eigenvalue weighted by Crippen LogP contribution is 2.44. The van der Waals surface area contributed by atoms with Crippen LogP contribution in [0.5, 0.6) is 5.75 Å². The van der Waals surface area contributed by atoms with Crippen molar-refractivity contribution >= 4 is 45.8 Å². The molecule has 1 aromatic carbocycles. The number of urea groups is 1. The number of carbonyl (C=O) groups excluding carboxylic acids is 1. The van der Waals surface area contributed by atoms with E-state index in [0.29, 0.717) is 22.2 Å². The third kappa shape index (κ3) is 3.75. The predicted molar refractivity (Wildman–Crippen MR) is 107 cm³/mol. The number of anilines is 1. The summed E-state index contributed by atoms with van der Waals surface area (Å²) in [5.74, 6) is 0.541. The first kappa shape index (κ1) is 20.6. The van der Waals surface area contributed by atoms with E-state index >= 15 is 0 Å². The topological polar surface area (TPSA) is 70.2 Å². The van der Waals surface area contributed by atoms with Gasteiger partial charge in [-0.25, -0.2) is 9.78 Å². The maximum atomic E-state index is 14.1. The van der Waals surface area contributed by atoms with E-state index in [-0.39, 0.29) is 34.7 Å². The van der Waals surface area contributed by atoms with Gasteiger partial charge in [-0.15, -0.1) is 0 Å². The Hall–Kier alpha value is -2.65. The largest absolute Gasteiger partial charge is 0.497 e. The van der Waals surface area contributed by atoms with Gasteiger partial charge in [-0.05, 0) is 42.3 Å². The minimum absolute atomic E-state index is 0.00988. The second kappa shape index (κ2) is 7.55. The van der Waals surface area contributed by atoms with E-state index in [1.165, 1.54) is 19.2 Å². The second-order valence-electron chi connectivity index (χ2n) is 6.75. The Labute approximate surface area is 178 Å². The third-order valence-corrected chi connectivity index (χ3v) is 5.31. The second-order valence-corrected chi connectivity index (χ2v) is 7.52. The number of pyridine rings is 1. The number of fused-ring (bicyclic) bond motifs is 3. The first-order chi connectivity index (χ1) is 14.2. The minimum atomic E-state index is -4.69. The number of amides is 2. The molecule has 2 amide bonds. The molecule has 0 fully saturated rings. The lowest BCUT2D eigenvalue weighted by Crippen LogP contribution is -2.48. The average molecular weight is 459 g/mol. The van der Waals surface area contributed by atoms with Crippen LogP contribution in [-0.4, -0.2) is 40.7 Å². The summed E-state index contributed by atoms with van der Waals surface area (Å²) in [5, 5.41) is 3.09. The zero-order valence-electron chi connectivity index (χ0n) is 15.5.